The molecule has 3 aromatic carbocycles. The van der Waals surface area contributed by atoms with Gasteiger partial charge in [-0.25, -0.2) is 9.57 Å². The average Bonchev–Trinajstić information content (AvgIpc) is 2.97. The number of carbonyl (C=O) groups excluding carboxylic acids is 1. The molecule has 3 heterocycles. The SMILES string of the molecule is CC1(C)CC(CS(=O)(=O)O)c2cc3c(cc2N1CCCOC=O)Oc1cc2c(cc1=N3)CCC[N+]=2Cc1ccccc1S(=O)(=O)O. The van der Waals surface area contributed by atoms with E-state index in [1.807, 2.05) is 38.1 Å². The summed E-state index contributed by atoms with van der Waals surface area (Å²) in [4.78, 5) is 17.6. The molecule has 3 aromatic rings. The van der Waals surface area contributed by atoms with Gasteiger partial charge >= 0.3 is 0 Å². The van der Waals surface area contributed by atoms with E-state index in [0.717, 1.165) is 35.0 Å². The molecule has 0 fully saturated rings. The lowest BCUT2D eigenvalue weighted by Crippen LogP contribution is -2.50. The summed E-state index contributed by atoms with van der Waals surface area (Å²) in [7, 11) is -8.66. The smallest absolute Gasteiger partial charge is 0.295 e. The first-order chi connectivity index (χ1) is 21.7. The molecule has 0 aliphatic carbocycles. The van der Waals surface area contributed by atoms with Crippen molar-refractivity contribution in [2.75, 3.05) is 30.3 Å². The van der Waals surface area contributed by atoms with E-state index in [9.17, 15) is 30.7 Å². The van der Waals surface area contributed by atoms with Crippen LogP contribution in [-0.2, 0) is 42.7 Å². The van der Waals surface area contributed by atoms with Crippen molar-refractivity contribution >= 4 is 38.1 Å². The van der Waals surface area contributed by atoms with Gasteiger partial charge in [0.2, 0.25) is 5.36 Å². The van der Waals surface area contributed by atoms with Crippen LogP contribution in [0.3, 0.4) is 0 Å². The highest BCUT2D eigenvalue weighted by Gasteiger charge is 2.40. The summed E-state index contributed by atoms with van der Waals surface area (Å²) < 4.78 is 81.2. The van der Waals surface area contributed by atoms with E-state index in [1.54, 1.807) is 18.2 Å². The number of hydrogen-bond donors (Lipinski definition) is 2. The first-order valence-electron chi connectivity index (χ1n) is 15.1. The Hall–Kier alpha value is -3.85. The molecule has 0 radical (unpaired) electrons. The van der Waals surface area contributed by atoms with Crippen molar-refractivity contribution in [1.82, 2.24) is 4.58 Å². The van der Waals surface area contributed by atoms with Gasteiger partial charge in [0.1, 0.15) is 22.5 Å². The second-order valence-electron chi connectivity index (χ2n) is 12.6. The molecule has 3 aliphatic heterocycles. The summed E-state index contributed by atoms with van der Waals surface area (Å²) in [5.41, 5.74) is 3.07. The van der Waals surface area contributed by atoms with Crippen LogP contribution in [-0.4, -0.2) is 63.4 Å². The lowest BCUT2D eigenvalue weighted by atomic mass is 9.79. The number of rotatable bonds is 10. The van der Waals surface area contributed by atoms with Gasteiger partial charge in [0.05, 0.1) is 18.4 Å². The summed E-state index contributed by atoms with van der Waals surface area (Å²) in [5, 5.41) is 1.51. The van der Waals surface area contributed by atoms with E-state index in [1.165, 1.54) is 6.07 Å². The Morgan fingerprint density at radius 1 is 1.11 bits per heavy atom. The molecule has 0 saturated carbocycles. The fraction of sp³-hybridized carbons (Fsp3) is 0.406. The highest BCUT2D eigenvalue weighted by molar-refractivity contribution is 7.86. The lowest BCUT2D eigenvalue weighted by molar-refractivity contribution is -0.128. The first-order valence-corrected chi connectivity index (χ1v) is 18.1. The Bertz CT molecular complexity index is 2060. The van der Waals surface area contributed by atoms with Gasteiger partial charge in [0.15, 0.2) is 18.0 Å². The van der Waals surface area contributed by atoms with Crippen LogP contribution < -0.4 is 24.9 Å². The minimum absolute atomic E-state index is 0.123. The summed E-state index contributed by atoms with van der Waals surface area (Å²) in [6.07, 6.45) is 2.65. The summed E-state index contributed by atoms with van der Waals surface area (Å²) in [6, 6.07) is 14.0. The van der Waals surface area contributed by atoms with Gasteiger partial charge in [-0.2, -0.15) is 16.8 Å². The topological polar surface area (TPSA) is 163 Å². The zero-order chi connectivity index (χ0) is 32.9. The fourth-order valence-corrected chi connectivity index (χ4v) is 8.50. The standard InChI is InChI=1S/C32H35N3O9S2/c1-32(2)17-23(19-45(37,38)39)24-14-26-30(16-28(24)35(32)11-6-12-43-20-36)44-29-15-27-21(13-25(29)33-26)8-5-10-34(27)18-22-7-3-4-9-31(22)46(40,41)42/h3-4,7,9,13-16,20,23H,5-6,8,10-12,17-19H2,1-2H3,(H-,37,38,39,40,41,42)/p+1. The van der Waals surface area contributed by atoms with Crippen molar-refractivity contribution < 1.29 is 40.2 Å². The van der Waals surface area contributed by atoms with Crippen LogP contribution >= 0.6 is 0 Å². The van der Waals surface area contributed by atoms with Crippen molar-refractivity contribution in [2.24, 2.45) is 4.99 Å². The highest BCUT2D eigenvalue weighted by Crippen LogP contribution is 2.49. The zero-order valence-corrected chi connectivity index (χ0v) is 27.2. The van der Waals surface area contributed by atoms with Crippen molar-refractivity contribution in [3.05, 3.63) is 75.9 Å². The maximum Gasteiger partial charge on any atom is 0.295 e. The number of fused-ring (bicyclic) bond motifs is 4. The van der Waals surface area contributed by atoms with Crippen molar-refractivity contribution in [2.45, 2.75) is 62.4 Å². The Labute approximate surface area is 267 Å². The summed E-state index contributed by atoms with van der Waals surface area (Å²) in [5.74, 6) is 0.109. The molecule has 0 bridgehead atoms. The van der Waals surface area contributed by atoms with Crippen molar-refractivity contribution in [1.29, 1.82) is 0 Å². The Kier molecular flexibility index (Phi) is 8.42. The Morgan fingerprint density at radius 3 is 2.63 bits per heavy atom. The molecule has 244 valence electrons. The number of aryl methyl sites for hydroxylation is 1. The highest BCUT2D eigenvalue weighted by atomic mass is 32.2. The quantitative estimate of drug-likeness (QED) is 0.111. The van der Waals surface area contributed by atoms with E-state index in [0.29, 0.717) is 60.5 Å². The molecule has 1 atom stereocenters. The largest absolute Gasteiger partial charge is 0.468 e. The van der Waals surface area contributed by atoms with Gasteiger partial charge in [-0.05, 0) is 56.9 Å². The molecular weight excluding hydrogens is 634 g/mol. The van der Waals surface area contributed by atoms with E-state index in [-0.39, 0.29) is 18.0 Å². The molecular formula is C32H36N3O9S2+. The Balaban J connectivity index is 1.44. The van der Waals surface area contributed by atoms with Crippen LogP contribution in [0.1, 0.15) is 55.7 Å². The summed E-state index contributed by atoms with van der Waals surface area (Å²) >= 11 is 0. The predicted molar refractivity (Wildman–Crippen MR) is 170 cm³/mol. The normalized spacial score (nSPS) is 18.3. The number of anilines is 1. The van der Waals surface area contributed by atoms with Crippen LogP contribution in [0.15, 0.2) is 58.4 Å². The molecule has 12 nitrogen and oxygen atoms in total. The number of carbonyl (C=O) groups is 1. The predicted octanol–water partition coefficient (Wildman–Crippen LogP) is 3.15. The number of nitrogens with zero attached hydrogens (tertiary/aromatic N) is 3. The molecule has 6 rings (SSSR count). The second-order valence-corrected chi connectivity index (χ2v) is 15.5. The second kappa shape index (κ2) is 12.1. The Morgan fingerprint density at radius 2 is 1.89 bits per heavy atom. The van der Waals surface area contributed by atoms with Gasteiger partial charge < -0.3 is 14.4 Å². The van der Waals surface area contributed by atoms with Crippen LogP contribution in [0, 0.1) is 0 Å². The minimum Gasteiger partial charge on any atom is -0.468 e. The van der Waals surface area contributed by atoms with E-state index in [4.69, 9.17) is 14.5 Å². The molecule has 46 heavy (non-hydrogen) atoms. The zero-order valence-electron chi connectivity index (χ0n) is 25.5. The van der Waals surface area contributed by atoms with Crippen LogP contribution in [0.25, 0.3) is 0 Å². The number of ether oxygens (including phenoxy) is 2. The first kappa shape index (κ1) is 32.1. The molecule has 14 heteroatoms. The van der Waals surface area contributed by atoms with Crippen molar-refractivity contribution in [3.8, 4) is 11.5 Å². The third-order valence-corrected chi connectivity index (χ3v) is 10.7. The van der Waals surface area contributed by atoms with Crippen LogP contribution in [0.4, 0.5) is 11.4 Å². The average molecular weight is 671 g/mol. The maximum absolute atomic E-state index is 12.0. The van der Waals surface area contributed by atoms with Gasteiger partial charge in [-0.15, -0.1) is 0 Å². The van der Waals surface area contributed by atoms with Gasteiger partial charge in [-0.1, -0.05) is 18.2 Å². The third kappa shape index (κ3) is 6.52. The van der Waals surface area contributed by atoms with Crippen LogP contribution in [0.5, 0.6) is 11.5 Å². The summed E-state index contributed by atoms with van der Waals surface area (Å²) in [6.45, 7) is 6.15. The van der Waals surface area contributed by atoms with E-state index >= 15 is 0 Å². The molecule has 0 amide bonds. The monoisotopic (exact) mass is 670 g/mol. The van der Waals surface area contributed by atoms with Crippen LogP contribution in [0.2, 0.25) is 0 Å². The lowest BCUT2D eigenvalue weighted by Gasteiger charge is -2.48. The third-order valence-electron chi connectivity index (χ3n) is 8.89. The van der Waals surface area contributed by atoms with Crippen molar-refractivity contribution in [3.63, 3.8) is 0 Å². The molecule has 0 spiro atoms. The molecule has 0 aromatic heterocycles. The minimum atomic E-state index is -4.39. The molecule has 1 unspecified atom stereocenters. The van der Waals surface area contributed by atoms with E-state index < -0.39 is 37.4 Å². The maximum atomic E-state index is 12.0. The molecule has 0 saturated heterocycles. The van der Waals surface area contributed by atoms with E-state index in [2.05, 4.69) is 9.48 Å². The number of hydrogen-bond acceptors (Lipinski definition) is 9. The molecule has 2 N–H and O–H groups in total. The van der Waals surface area contributed by atoms with Gasteiger partial charge in [0.25, 0.3) is 26.7 Å². The van der Waals surface area contributed by atoms with Gasteiger partial charge in [0, 0.05) is 47.3 Å². The van der Waals surface area contributed by atoms with Gasteiger partial charge in [-0.3, -0.25) is 13.9 Å². The molecule has 3 aliphatic rings. The fourth-order valence-electron chi connectivity index (χ4n) is 6.98. The number of benzene rings is 3.